The molecule has 122 valence electrons. The van der Waals surface area contributed by atoms with E-state index in [1.165, 1.54) is 23.3 Å². The molecule has 0 saturated carbocycles. The first-order chi connectivity index (χ1) is 11.1. The molecule has 2 atom stereocenters. The van der Waals surface area contributed by atoms with Crippen LogP contribution in [0.3, 0.4) is 0 Å². The Balaban J connectivity index is 2.02. The number of nitrogens with zero attached hydrogens (tertiary/aromatic N) is 4. The zero-order chi connectivity index (χ0) is 16.4. The summed E-state index contributed by atoms with van der Waals surface area (Å²) >= 11 is 0. The third-order valence-electron chi connectivity index (χ3n) is 4.46. The number of carbonyl (C=O) groups excluding carboxylic acids is 1. The molecule has 0 spiro atoms. The molecule has 0 aliphatic carbocycles. The van der Waals surface area contributed by atoms with Crippen molar-refractivity contribution in [1.82, 2.24) is 19.9 Å². The van der Waals surface area contributed by atoms with E-state index in [1.54, 1.807) is 17.0 Å². The number of aromatic nitrogens is 3. The van der Waals surface area contributed by atoms with Crippen molar-refractivity contribution >= 4 is 5.91 Å². The molecule has 1 aliphatic rings. The maximum Gasteiger partial charge on any atom is 0.259 e. The van der Waals surface area contributed by atoms with Gasteiger partial charge in [-0.15, -0.1) is 0 Å². The first-order valence-electron chi connectivity index (χ1n) is 7.79. The summed E-state index contributed by atoms with van der Waals surface area (Å²) in [6, 6.07) is 4.39. The SMILES string of the molecule is C[C@@H]1CCCN(C(=O)c2c(F)cccc2-n2nccn2)[C@@H]1CN. The lowest BCUT2D eigenvalue weighted by molar-refractivity contribution is 0.0527. The summed E-state index contributed by atoms with van der Waals surface area (Å²) in [6.45, 7) is 3.04. The quantitative estimate of drug-likeness (QED) is 0.933. The third-order valence-corrected chi connectivity index (χ3v) is 4.46. The third kappa shape index (κ3) is 2.84. The van der Waals surface area contributed by atoms with Gasteiger partial charge in [0.2, 0.25) is 0 Å². The van der Waals surface area contributed by atoms with Crippen LogP contribution in [0, 0.1) is 11.7 Å². The monoisotopic (exact) mass is 317 g/mol. The minimum atomic E-state index is -0.571. The lowest BCUT2D eigenvalue weighted by Crippen LogP contribution is -2.51. The molecule has 1 aliphatic heterocycles. The number of likely N-dealkylation sites (tertiary alicyclic amines) is 1. The molecule has 0 radical (unpaired) electrons. The number of hydrogen-bond acceptors (Lipinski definition) is 4. The van der Waals surface area contributed by atoms with E-state index in [9.17, 15) is 9.18 Å². The average Bonchev–Trinajstić information content (AvgIpc) is 3.08. The molecular formula is C16H20FN5O. The van der Waals surface area contributed by atoms with Crippen LogP contribution in [0.15, 0.2) is 30.6 Å². The van der Waals surface area contributed by atoms with Gasteiger partial charge in [-0.25, -0.2) is 4.39 Å². The van der Waals surface area contributed by atoms with Gasteiger partial charge in [0.1, 0.15) is 17.1 Å². The highest BCUT2D eigenvalue weighted by Crippen LogP contribution is 2.27. The normalized spacial score (nSPS) is 21.4. The van der Waals surface area contributed by atoms with Gasteiger partial charge in [0.15, 0.2) is 0 Å². The number of rotatable bonds is 3. The fraction of sp³-hybridized carbons (Fsp3) is 0.438. The molecule has 3 rings (SSSR count). The summed E-state index contributed by atoms with van der Waals surface area (Å²) < 4.78 is 14.4. The van der Waals surface area contributed by atoms with Crippen LogP contribution >= 0.6 is 0 Å². The second-order valence-electron chi connectivity index (χ2n) is 5.87. The van der Waals surface area contributed by atoms with Crippen molar-refractivity contribution in [2.24, 2.45) is 11.7 Å². The van der Waals surface area contributed by atoms with Gasteiger partial charge in [0, 0.05) is 19.1 Å². The van der Waals surface area contributed by atoms with Crippen molar-refractivity contribution in [3.63, 3.8) is 0 Å². The second kappa shape index (κ2) is 6.45. The van der Waals surface area contributed by atoms with Crippen molar-refractivity contribution in [2.45, 2.75) is 25.8 Å². The molecule has 1 amide bonds. The Morgan fingerprint density at radius 1 is 1.39 bits per heavy atom. The fourth-order valence-electron chi connectivity index (χ4n) is 3.24. The van der Waals surface area contributed by atoms with Crippen molar-refractivity contribution in [1.29, 1.82) is 0 Å². The van der Waals surface area contributed by atoms with Crippen LogP contribution in [0.4, 0.5) is 4.39 Å². The minimum Gasteiger partial charge on any atom is -0.334 e. The van der Waals surface area contributed by atoms with Gasteiger partial charge in [-0.1, -0.05) is 13.0 Å². The van der Waals surface area contributed by atoms with E-state index in [0.717, 1.165) is 12.8 Å². The van der Waals surface area contributed by atoms with Gasteiger partial charge in [0.25, 0.3) is 5.91 Å². The van der Waals surface area contributed by atoms with Crippen LogP contribution < -0.4 is 5.73 Å². The number of amides is 1. The summed E-state index contributed by atoms with van der Waals surface area (Å²) in [4.78, 5) is 16.0. The summed E-state index contributed by atoms with van der Waals surface area (Å²) in [5, 5.41) is 8.03. The molecule has 2 N–H and O–H groups in total. The van der Waals surface area contributed by atoms with E-state index in [0.29, 0.717) is 24.7 Å². The number of benzene rings is 1. The highest BCUT2D eigenvalue weighted by Gasteiger charge is 2.33. The Hall–Kier alpha value is -2.28. The van der Waals surface area contributed by atoms with Gasteiger partial charge in [-0.2, -0.15) is 15.0 Å². The van der Waals surface area contributed by atoms with Gasteiger partial charge in [-0.3, -0.25) is 4.79 Å². The highest BCUT2D eigenvalue weighted by atomic mass is 19.1. The van der Waals surface area contributed by atoms with E-state index >= 15 is 0 Å². The Morgan fingerprint density at radius 2 is 2.13 bits per heavy atom. The Morgan fingerprint density at radius 3 is 2.83 bits per heavy atom. The topological polar surface area (TPSA) is 77.0 Å². The molecular weight excluding hydrogens is 297 g/mol. The van der Waals surface area contributed by atoms with Crippen molar-refractivity contribution in [3.05, 3.63) is 42.0 Å². The minimum absolute atomic E-state index is 0.00347. The zero-order valence-corrected chi connectivity index (χ0v) is 13.0. The first-order valence-corrected chi connectivity index (χ1v) is 7.79. The molecule has 2 heterocycles. The Bertz CT molecular complexity index is 688. The molecule has 0 bridgehead atoms. The van der Waals surface area contributed by atoms with Crippen LogP contribution in [0.2, 0.25) is 0 Å². The molecule has 0 unspecified atom stereocenters. The van der Waals surface area contributed by atoms with Gasteiger partial charge >= 0.3 is 0 Å². The van der Waals surface area contributed by atoms with Gasteiger partial charge in [-0.05, 0) is 30.9 Å². The van der Waals surface area contributed by atoms with Crippen molar-refractivity contribution < 1.29 is 9.18 Å². The van der Waals surface area contributed by atoms with Crippen LogP contribution in [-0.4, -0.2) is 44.9 Å². The molecule has 6 nitrogen and oxygen atoms in total. The molecule has 1 saturated heterocycles. The molecule has 1 fully saturated rings. The van der Waals surface area contributed by atoms with Crippen molar-refractivity contribution in [3.8, 4) is 5.69 Å². The summed E-state index contributed by atoms with van der Waals surface area (Å²) in [6.07, 6.45) is 4.90. The van der Waals surface area contributed by atoms with E-state index in [-0.39, 0.29) is 17.5 Å². The maximum atomic E-state index is 14.4. The van der Waals surface area contributed by atoms with Gasteiger partial charge in [0.05, 0.1) is 12.4 Å². The number of carbonyl (C=O) groups is 1. The lowest BCUT2D eigenvalue weighted by Gasteiger charge is -2.39. The molecule has 23 heavy (non-hydrogen) atoms. The van der Waals surface area contributed by atoms with E-state index < -0.39 is 5.82 Å². The molecule has 1 aromatic heterocycles. The van der Waals surface area contributed by atoms with E-state index in [2.05, 4.69) is 17.1 Å². The van der Waals surface area contributed by atoms with Crippen LogP contribution in [0.1, 0.15) is 30.1 Å². The smallest absolute Gasteiger partial charge is 0.259 e. The summed E-state index contributed by atoms with van der Waals surface area (Å²) in [7, 11) is 0. The number of halogens is 1. The summed E-state index contributed by atoms with van der Waals surface area (Å²) in [5.41, 5.74) is 6.19. The number of nitrogens with two attached hydrogens (primary N) is 1. The first kappa shape index (κ1) is 15.6. The van der Waals surface area contributed by atoms with Gasteiger partial charge < -0.3 is 10.6 Å². The Labute approximate surface area is 134 Å². The highest BCUT2D eigenvalue weighted by molar-refractivity contribution is 5.98. The largest absolute Gasteiger partial charge is 0.334 e. The second-order valence-corrected chi connectivity index (χ2v) is 5.87. The van der Waals surface area contributed by atoms with Crippen molar-refractivity contribution in [2.75, 3.05) is 13.1 Å². The average molecular weight is 317 g/mol. The van der Waals surface area contributed by atoms with Crippen LogP contribution in [-0.2, 0) is 0 Å². The lowest BCUT2D eigenvalue weighted by atomic mass is 9.90. The zero-order valence-electron chi connectivity index (χ0n) is 13.0. The fourth-order valence-corrected chi connectivity index (χ4v) is 3.24. The molecule has 7 heteroatoms. The number of piperidine rings is 1. The van der Waals surface area contributed by atoms with Crippen LogP contribution in [0.5, 0.6) is 0 Å². The predicted molar refractivity (Wildman–Crippen MR) is 83.6 cm³/mol. The molecule has 1 aromatic carbocycles. The number of hydrogen-bond donors (Lipinski definition) is 1. The molecule has 2 aromatic rings. The predicted octanol–water partition coefficient (Wildman–Crippen LogP) is 1.61. The summed E-state index contributed by atoms with van der Waals surface area (Å²) in [5.74, 6) is -0.619. The van der Waals surface area contributed by atoms with E-state index in [1.807, 2.05) is 0 Å². The standard InChI is InChI=1S/C16H20FN5O/c1-11-4-3-9-21(14(11)10-18)16(23)15-12(17)5-2-6-13(15)22-19-7-8-20-22/h2,5-8,11,14H,3-4,9-10,18H2,1H3/t11-,14-/m1/s1. The maximum absolute atomic E-state index is 14.4. The van der Waals surface area contributed by atoms with E-state index in [4.69, 9.17) is 5.73 Å². The van der Waals surface area contributed by atoms with Crippen LogP contribution in [0.25, 0.3) is 5.69 Å². The Kier molecular flexibility index (Phi) is 4.38.